The van der Waals surface area contributed by atoms with Gasteiger partial charge in [0.2, 0.25) is 0 Å². The summed E-state index contributed by atoms with van der Waals surface area (Å²) in [6.07, 6.45) is -0.797. The van der Waals surface area contributed by atoms with Crippen LogP contribution >= 0.6 is 127 Å². The van der Waals surface area contributed by atoms with E-state index in [0.717, 1.165) is 0 Å². The van der Waals surface area contributed by atoms with Gasteiger partial charge in [-0.3, -0.25) is 0 Å². The molecule has 6 aromatic carbocycles. The first-order valence-electron chi connectivity index (χ1n) is 21.3. The van der Waals surface area contributed by atoms with E-state index in [1.807, 2.05) is 0 Å². The molecule has 0 spiro atoms. The maximum atomic E-state index is 13.4. The van der Waals surface area contributed by atoms with E-state index in [2.05, 4.69) is 127 Å². The van der Waals surface area contributed by atoms with E-state index in [0.29, 0.717) is 58.0 Å². The third-order valence-corrected chi connectivity index (χ3v) is 14.3. The molecule has 24 heteroatoms. The second-order valence-electron chi connectivity index (χ2n) is 15.4. The highest BCUT2D eigenvalue weighted by molar-refractivity contribution is 9.12. The molecule has 0 saturated carbocycles. The molecule has 0 saturated heterocycles. The number of rotatable bonds is 22. The molecular weight excluding hydrogens is 1500 g/mol. The van der Waals surface area contributed by atoms with Gasteiger partial charge in [-0.05, 0) is 156 Å². The van der Waals surface area contributed by atoms with Crippen LogP contribution in [0.3, 0.4) is 0 Å². The van der Waals surface area contributed by atoms with Gasteiger partial charge in [0.05, 0.1) is 53.4 Å². The molecule has 0 aliphatic rings. The zero-order valence-corrected chi connectivity index (χ0v) is 50.7. The molecule has 390 valence electrons. The van der Waals surface area contributed by atoms with Crippen molar-refractivity contribution in [2.75, 3.05) is 26.4 Å². The first kappa shape index (κ1) is 59.0. The summed E-state index contributed by atoms with van der Waals surface area (Å²) in [7, 11) is 0. The van der Waals surface area contributed by atoms with E-state index in [4.69, 9.17) is 37.9 Å². The minimum Gasteiger partial charge on any atom is -0.506 e. The van der Waals surface area contributed by atoms with Gasteiger partial charge in [0.1, 0.15) is 74.1 Å². The molecule has 0 heterocycles. The summed E-state index contributed by atoms with van der Waals surface area (Å²) in [5.74, 6) is -3.66. The fourth-order valence-corrected chi connectivity index (χ4v) is 11.7. The standard InChI is InChI=1S/C50H38Br8O16/c1-24(67-2-4-69-37-12-25(47(63)71-20-29-8-33(51)16-39(55)43(29)59)6-26(13-37)48(64)72-21-30-9-34(52)17-40(56)44(30)60)68-3-5-70-38-14-27(49(65)73-22-31-10-35(53)18-41(57)45(31)61)7-28(15-38)50(66)74-23-32-11-36(54)19-42(58)46(32)62/h6-19,24,59-62H,2-5,20-23H2,1H3. The number of phenols is 4. The van der Waals surface area contributed by atoms with Gasteiger partial charge in [-0.2, -0.15) is 0 Å². The van der Waals surface area contributed by atoms with Crippen LogP contribution in [0.1, 0.15) is 70.6 Å². The van der Waals surface area contributed by atoms with Crippen LogP contribution in [0.4, 0.5) is 0 Å². The Labute approximate surface area is 489 Å². The fourth-order valence-electron chi connectivity index (χ4n) is 6.46. The third kappa shape index (κ3) is 16.9. The first-order valence-corrected chi connectivity index (χ1v) is 27.6. The van der Waals surface area contributed by atoms with E-state index in [1.165, 1.54) is 36.4 Å². The predicted octanol–water partition coefficient (Wildman–Crippen LogP) is 13.9. The number of hydrogen-bond acceptors (Lipinski definition) is 16. The highest BCUT2D eigenvalue weighted by Crippen LogP contribution is 2.36. The normalized spacial score (nSPS) is 11.1. The highest BCUT2D eigenvalue weighted by Gasteiger charge is 2.21. The summed E-state index contributed by atoms with van der Waals surface area (Å²) < 4.78 is 49.3. The lowest BCUT2D eigenvalue weighted by molar-refractivity contribution is -0.138. The zero-order chi connectivity index (χ0) is 53.8. The Morgan fingerprint density at radius 3 is 0.865 bits per heavy atom. The van der Waals surface area contributed by atoms with Crippen molar-refractivity contribution in [1.29, 1.82) is 0 Å². The molecule has 0 radical (unpaired) electrons. The van der Waals surface area contributed by atoms with Crippen molar-refractivity contribution in [2.45, 2.75) is 39.6 Å². The smallest absolute Gasteiger partial charge is 0.338 e. The van der Waals surface area contributed by atoms with Crippen molar-refractivity contribution in [1.82, 2.24) is 0 Å². The molecule has 0 amide bonds. The maximum Gasteiger partial charge on any atom is 0.338 e. The van der Waals surface area contributed by atoms with Crippen molar-refractivity contribution in [3.63, 3.8) is 0 Å². The van der Waals surface area contributed by atoms with E-state index in [9.17, 15) is 39.6 Å². The van der Waals surface area contributed by atoms with Crippen LogP contribution in [0.25, 0.3) is 0 Å². The molecule has 4 N–H and O–H groups in total. The lowest BCUT2D eigenvalue weighted by Gasteiger charge is -2.16. The van der Waals surface area contributed by atoms with Gasteiger partial charge in [-0.1, -0.05) is 63.7 Å². The lowest BCUT2D eigenvalue weighted by atomic mass is 10.1. The summed E-state index contributed by atoms with van der Waals surface area (Å²) in [5, 5.41) is 41.9. The molecule has 0 unspecified atom stereocenters. The summed E-state index contributed by atoms with van der Waals surface area (Å²) in [4.78, 5) is 53.5. The van der Waals surface area contributed by atoms with Crippen molar-refractivity contribution in [3.05, 3.63) is 165 Å². The lowest BCUT2D eigenvalue weighted by Crippen LogP contribution is -2.20. The fraction of sp³-hybridized carbons (Fsp3) is 0.200. The van der Waals surface area contributed by atoms with E-state index >= 15 is 0 Å². The van der Waals surface area contributed by atoms with Gasteiger partial charge >= 0.3 is 23.9 Å². The van der Waals surface area contributed by atoms with Crippen LogP contribution in [0.15, 0.2) is 121 Å². The van der Waals surface area contributed by atoms with Crippen molar-refractivity contribution >= 4 is 151 Å². The second-order valence-corrected chi connectivity index (χ2v) is 22.5. The Morgan fingerprint density at radius 1 is 0.378 bits per heavy atom. The number of ether oxygens (including phenoxy) is 8. The third-order valence-electron chi connectivity index (χ3n) is 10.0. The van der Waals surface area contributed by atoms with Crippen molar-refractivity contribution in [2.24, 2.45) is 0 Å². The molecule has 0 bridgehead atoms. The molecule has 0 atom stereocenters. The van der Waals surface area contributed by atoms with E-state index < -0.39 is 30.2 Å². The number of halogens is 8. The molecule has 6 rings (SSSR count). The van der Waals surface area contributed by atoms with Gasteiger partial charge in [-0.25, -0.2) is 19.2 Å². The molecule has 0 fully saturated rings. The first-order chi connectivity index (χ1) is 35.1. The highest BCUT2D eigenvalue weighted by atomic mass is 79.9. The van der Waals surface area contributed by atoms with E-state index in [-0.39, 0.29) is 110 Å². The molecule has 16 nitrogen and oxygen atoms in total. The Morgan fingerprint density at radius 2 is 0.622 bits per heavy atom. The van der Waals surface area contributed by atoms with Crippen LogP contribution in [-0.2, 0) is 54.8 Å². The largest absolute Gasteiger partial charge is 0.506 e. The van der Waals surface area contributed by atoms with Crippen LogP contribution in [0.2, 0.25) is 0 Å². The minimum absolute atomic E-state index is 0.0243. The number of hydrogen-bond donors (Lipinski definition) is 4. The Kier molecular flexibility index (Phi) is 22.1. The van der Waals surface area contributed by atoms with Crippen molar-refractivity contribution < 1.29 is 77.5 Å². The SMILES string of the molecule is CC(OCCOc1cc(C(=O)OCc2cc(Br)cc(Br)c2O)cc(C(=O)OCc2cc(Br)cc(Br)c2O)c1)OCCOc1cc(C(=O)OCc2cc(Br)cc(Br)c2O)cc(C(=O)OCc2cc(Br)cc(Br)c2O)c1. The number of esters is 4. The quantitative estimate of drug-likeness (QED) is 0.0215. The summed E-state index contributed by atoms with van der Waals surface area (Å²) in [6.45, 7) is 0.194. The van der Waals surface area contributed by atoms with Crippen LogP contribution in [0.5, 0.6) is 34.5 Å². The number of benzene rings is 6. The molecule has 74 heavy (non-hydrogen) atoms. The molecule has 0 aromatic heterocycles. The maximum absolute atomic E-state index is 13.4. The summed E-state index contributed by atoms with van der Waals surface area (Å²) >= 11 is 26.4. The van der Waals surface area contributed by atoms with Crippen LogP contribution < -0.4 is 9.47 Å². The average Bonchev–Trinajstić information content (AvgIpc) is 3.36. The van der Waals surface area contributed by atoms with Crippen LogP contribution in [-0.4, -0.2) is 77.0 Å². The van der Waals surface area contributed by atoms with Crippen LogP contribution in [0, 0.1) is 0 Å². The second kappa shape index (κ2) is 27.7. The van der Waals surface area contributed by atoms with Gasteiger partial charge in [0.25, 0.3) is 0 Å². The zero-order valence-electron chi connectivity index (χ0n) is 38.0. The van der Waals surface area contributed by atoms with Gasteiger partial charge in [0, 0.05) is 40.1 Å². The molecular formula is C50H38Br8O16. The number of aromatic hydroxyl groups is 4. The van der Waals surface area contributed by atoms with Gasteiger partial charge in [-0.15, -0.1) is 0 Å². The Bertz CT molecular complexity index is 2690. The van der Waals surface area contributed by atoms with Crippen molar-refractivity contribution in [3.8, 4) is 34.5 Å². The Balaban J connectivity index is 1.07. The summed E-state index contributed by atoms with van der Waals surface area (Å²) in [6, 6.07) is 20.8. The average molecular weight is 1530 g/mol. The number of carbonyl (C=O) groups excluding carboxylic acids is 4. The monoisotopic (exact) mass is 1530 g/mol. The molecule has 6 aromatic rings. The summed E-state index contributed by atoms with van der Waals surface area (Å²) in [5.41, 5.74) is 0.959. The van der Waals surface area contributed by atoms with Gasteiger partial charge in [0.15, 0.2) is 6.29 Å². The van der Waals surface area contributed by atoms with Gasteiger partial charge < -0.3 is 58.3 Å². The minimum atomic E-state index is -0.839. The predicted molar refractivity (Wildman–Crippen MR) is 296 cm³/mol. The number of phenolic OH excluding ortho intramolecular Hbond substituents is 4. The number of carbonyl (C=O) groups is 4. The molecule has 0 aliphatic heterocycles. The Hall–Kier alpha value is -4.24. The topological polar surface area (TPSA) is 223 Å². The van der Waals surface area contributed by atoms with E-state index in [1.54, 1.807) is 55.5 Å². The molecule has 0 aliphatic carbocycles.